The van der Waals surface area contributed by atoms with Crippen LogP contribution in [-0.2, 0) is 4.79 Å². The van der Waals surface area contributed by atoms with Gasteiger partial charge in [0, 0.05) is 17.5 Å². The fourth-order valence-corrected chi connectivity index (χ4v) is 4.12. The van der Waals surface area contributed by atoms with Crippen LogP contribution in [0, 0.1) is 0 Å². The summed E-state index contributed by atoms with van der Waals surface area (Å²) < 4.78 is 11.1. The summed E-state index contributed by atoms with van der Waals surface area (Å²) in [4.78, 5) is 30.3. The standard InChI is InChI=1S/C18H18N2O5S/c1-18(17(22)23)5-2-6-20(18)16(21)12-10-26-15(19-12)11-3-4-13-14(9-11)25-8-7-24-13/h3-4,9-10H,2,5-8H2,1H3,(H,22,23)/t18-/m0/s1. The van der Waals surface area contributed by atoms with Gasteiger partial charge in [-0.3, -0.25) is 4.79 Å². The van der Waals surface area contributed by atoms with Gasteiger partial charge in [-0.2, -0.15) is 0 Å². The quantitative estimate of drug-likeness (QED) is 0.888. The van der Waals surface area contributed by atoms with Gasteiger partial charge in [-0.1, -0.05) is 0 Å². The number of likely N-dealkylation sites (tertiary alicyclic amines) is 1. The Morgan fingerprint density at radius 3 is 2.81 bits per heavy atom. The molecule has 8 heteroatoms. The first-order valence-corrected chi connectivity index (χ1v) is 9.28. The van der Waals surface area contributed by atoms with Gasteiger partial charge in [0.2, 0.25) is 0 Å². The topological polar surface area (TPSA) is 89.0 Å². The molecule has 1 N–H and O–H groups in total. The first-order chi connectivity index (χ1) is 12.5. The Kier molecular flexibility index (Phi) is 4.07. The van der Waals surface area contributed by atoms with Gasteiger partial charge < -0.3 is 19.5 Å². The zero-order valence-corrected chi connectivity index (χ0v) is 15.0. The number of aromatic nitrogens is 1. The molecule has 0 aliphatic carbocycles. The normalized spacial score (nSPS) is 21.7. The molecule has 0 saturated carbocycles. The first kappa shape index (κ1) is 16.8. The van der Waals surface area contributed by atoms with E-state index < -0.39 is 11.5 Å². The lowest BCUT2D eigenvalue weighted by molar-refractivity contribution is -0.147. The van der Waals surface area contributed by atoms with Crippen molar-refractivity contribution in [3.8, 4) is 22.1 Å². The predicted molar refractivity (Wildman–Crippen MR) is 94.9 cm³/mol. The predicted octanol–water partition coefficient (Wildman–Crippen LogP) is 2.66. The van der Waals surface area contributed by atoms with Crippen LogP contribution in [0.25, 0.3) is 10.6 Å². The fourth-order valence-electron chi connectivity index (χ4n) is 3.33. The van der Waals surface area contributed by atoms with Crippen LogP contribution >= 0.6 is 11.3 Å². The number of nitrogens with zero attached hydrogens (tertiary/aromatic N) is 2. The lowest BCUT2D eigenvalue weighted by Crippen LogP contribution is -2.50. The molecule has 0 radical (unpaired) electrons. The monoisotopic (exact) mass is 374 g/mol. The van der Waals surface area contributed by atoms with E-state index in [9.17, 15) is 14.7 Å². The summed E-state index contributed by atoms with van der Waals surface area (Å²) >= 11 is 1.35. The molecule has 26 heavy (non-hydrogen) atoms. The number of rotatable bonds is 3. The molecular formula is C18H18N2O5S. The third-order valence-corrected chi connectivity index (χ3v) is 5.75. The first-order valence-electron chi connectivity index (χ1n) is 8.40. The maximum Gasteiger partial charge on any atom is 0.329 e. The van der Waals surface area contributed by atoms with Crippen molar-refractivity contribution in [2.75, 3.05) is 19.8 Å². The molecule has 2 aromatic rings. The molecule has 0 bridgehead atoms. The highest BCUT2D eigenvalue weighted by molar-refractivity contribution is 7.13. The molecule has 0 spiro atoms. The number of amides is 1. The maximum atomic E-state index is 12.8. The van der Waals surface area contributed by atoms with Crippen LogP contribution < -0.4 is 9.47 Å². The second kappa shape index (κ2) is 6.28. The van der Waals surface area contributed by atoms with Crippen molar-refractivity contribution in [1.29, 1.82) is 0 Å². The highest BCUT2D eigenvalue weighted by Gasteiger charge is 2.46. The molecule has 7 nitrogen and oxygen atoms in total. The zero-order chi connectivity index (χ0) is 18.3. The Morgan fingerprint density at radius 2 is 2.04 bits per heavy atom. The van der Waals surface area contributed by atoms with Gasteiger partial charge in [0.15, 0.2) is 11.5 Å². The van der Waals surface area contributed by atoms with E-state index >= 15 is 0 Å². The van der Waals surface area contributed by atoms with Gasteiger partial charge in [0.1, 0.15) is 29.5 Å². The van der Waals surface area contributed by atoms with Crippen molar-refractivity contribution in [2.45, 2.75) is 25.3 Å². The molecule has 3 heterocycles. The van der Waals surface area contributed by atoms with Gasteiger partial charge in [-0.05, 0) is 38.0 Å². The summed E-state index contributed by atoms with van der Waals surface area (Å²) in [5, 5.41) is 11.9. The van der Waals surface area contributed by atoms with Crippen LogP contribution in [-0.4, -0.2) is 52.2 Å². The molecule has 2 aliphatic heterocycles. The van der Waals surface area contributed by atoms with Crippen LogP contribution in [0.15, 0.2) is 23.6 Å². The Hall–Kier alpha value is -2.61. The van der Waals surface area contributed by atoms with Crippen molar-refractivity contribution in [1.82, 2.24) is 9.88 Å². The number of carbonyl (C=O) groups excluding carboxylic acids is 1. The summed E-state index contributed by atoms with van der Waals surface area (Å²) in [7, 11) is 0. The summed E-state index contributed by atoms with van der Waals surface area (Å²) in [6.07, 6.45) is 1.13. The highest BCUT2D eigenvalue weighted by Crippen LogP contribution is 2.36. The summed E-state index contributed by atoms with van der Waals surface area (Å²) in [5.41, 5.74) is -0.0623. The maximum absolute atomic E-state index is 12.8. The van der Waals surface area contributed by atoms with Crippen LogP contribution in [0.1, 0.15) is 30.3 Å². The number of carboxylic acid groups (broad SMARTS) is 1. The number of fused-ring (bicyclic) bond motifs is 1. The van der Waals surface area contributed by atoms with Crippen molar-refractivity contribution in [3.63, 3.8) is 0 Å². The van der Waals surface area contributed by atoms with E-state index in [1.54, 1.807) is 12.3 Å². The Bertz CT molecular complexity index is 880. The van der Waals surface area contributed by atoms with E-state index in [1.165, 1.54) is 16.2 Å². The van der Waals surface area contributed by atoms with E-state index in [2.05, 4.69) is 4.98 Å². The molecule has 136 valence electrons. The van der Waals surface area contributed by atoms with E-state index in [0.717, 1.165) is 5.56 Å². The van der Waals surface area contributed by atoms with Crippen LogP contribution in [0.5, 0.6) is 11.5 Å². The number of aliphatic carboxylic acids is 1. The second-order valence-corrected chi connectivity index (χ2v) is 7.39. The zero-order valence-electron chi connectivity index (χ0n) is 14.2. The molecule has 1 fully saturated rings. The summed E-state index contributed by atoms with van der Waals surface area (Å²) in [5.74, 6) is 0.0371. The molecule has 4 rings (SSSR count). The largest absolute Gasteiger partial charge is 0.486 e. The fraction of sp³-hybridized carbons (Fsp3) is 0.389. The lowest BCUT2D eigenvalue weighted by Gasteiger charge is -2.30. The molecule has 1 amide bonds. The molecule has 0 unspecified atom stereocenters. The van der Waals surface area contributed by atoms with Gasteiger partial charge in [0.25, 0.3) is 5.91 Å². The number of ether oxygens (including phenoxy) is 2. The van der Waals surface area contributed by atoms with Crippen molar-refractivity contribution in [2.24, 2.45) is 0 Å². The summed E-state index contributed by atoms with van der Waals surface area (Å²) in [6, 6.07) is 5.55. The number of carboxylic acids is 1. The van der Waals surface area contributed by atoms with Crippen molar-refractivity contribution >= 4 is 23.2 Å². The van der Waals surface area contributed by atoms with Gasteiger partial charge >= 0.3 is 5.97 Å². The number of benzene rings is 1. The van der Waals surface area contributed by atoms with Gasteiger partial charge in [-0.15, -0.1) is 11.3 Å². The van der Waals surface area contributed by atoms with E-state index in [-0.39, 0.29) is 11.6 Å². The van der Waals surface area contributed by atoms with E-state index in [0.29, 0.717) is 49.1 Å². The average molecular weight is 374 g/mol. The molecule has 2 aliphatic rings. The number of thiazole rings is 1. The Labute approximate surface area is 154 Å². The molecule has 1 saturated heterocycles. The molecule has 1 aromatic heterocycles. The third-order valence-electron chi connectivity index (χ3n) is 4.86. The lowest BCUT2D eigenvalue weighted by atomic mass is 9.99. The minimum Gasteiger partial charge on any atom is -0.486 e. The second-order valence-electron chi connectivity index (χ2n) is 6.54. The van der Waals surface area contributed by atoms with E-state index in [4.69, 9.17) is 9.47 Å². The van der Waals surface area contributed by atoms with Crippen molar-refractivity contribution < 1.29 is 24.2 Å². The van der Waals surface area contributed by atoms with Crippen LogP contribution in [0.4, 0.5) is 0 Å². The third kappa shape index (κ3) is 2.70. The van der Waals surface area contributed by atoms with Crippen molar-refractivity contribution in [3.05, 3.63) is 29.3 Å². The van der Waals surface area contributed by atoms with Crippen LogP contribution in [0.2, 0.25) is 0 Å². The molecule has 1 atom stereocenters. The number of carbonyl (C=O) groups is 2. The van der Waals surface area contributed by atoms with Gasteiger partial charge in [0.05, 0.1) is 0 Å². The SMILES string of the molecule is C[C@@]1(C(=O)O)CCCN1C(=O)c1csc(-c2ccc3c(c2)OCCO3)n1. The highest BCUT2D eigenvalue weighted by atomic mass is 32.1. The average Bonchev–Trinajstić information content (AvgIpc) is 3.28. The number of hydrogen-bond donors (Lipinski definition) is 1. The molecule has 1 aromatic carbocycles. The van der Waals surface area contributed by atoms with Crippen LogP contribution in [0.3, 0.4) is 0 Å². The Balaban J connectivity index is 1.60. The summed E-state index contributed by atoms with van der Waals surface area (Å²) in [6.45, 7) is 3.05. The molecular weight excluding hydrogens is 356 g/mol. The number of hydrogen-bond acceptors (Lipinski definition) is 6. The minimum atomic E-state index is -1.17. The smallest absolute Gasteiger partial charge is 0.329 e. The van der Waals surface area contributed by atoms with E-state index in [1.807, 2.05) is 18.2 Å². The Morgan fingerprint density at radius 1 is 1.27 bits per heavy atom. The van der Waals surface area contributed by atoms with Gasteiger partial charge in [-0.25, -0.2) is 9.78 Å². The minimum absolute atomic E-state index is 0.272.